The van der Waals surface area contributed by atoms with Crippen LogP contribution < -0.4 is 4.74 Å². The van der Waals surface area contributed by atoms with E-state index in [2.05, 4.69) is 38.1 Å². The van der Waals surface area contributed by atoms with Crippen LogP contribution in [0.1, 0.15) is 30.9 Å². The molecular formula is C17H20O. The van der Waals surface area contributed by atoms with Crippen LogP contribution in [0.15, 0.2) is 29.8 Å². The Kier molecular flexibility index (Phi) is 2.15. The second-order valence-electron chi connectivity index (χ2n) is 6.18. The first kappa shape index (κ1) is 10.7. The van der Waals surface area contributed by atoms with Crippen molar-refractivity contribution in [1.29, 1.82) is 0 Å². The lowest BCUT2D eigenvalue weighted by molar-refractivity contribution is 0.0789. The molecule has 2 bridgehead atoms. The van der Waals surface area contributed by atoms with Gasteiger partial charge in [-0.3, -0.25) is 0 Å². The Morgan fingerprint density at radius 3 is 3.00 bits per heavy atom. The predicted octanol–water partition coefficient (Wildman–Crippen LogP) is 3.90. The minimum absolute atomic E-state index is 0.493. The van der Waals surface area contributed by atoms with Crippen molar-refractivity contribution in [3.63, 3.8) is 0 Å². The van der Waals surface area contributed by atoms with Gasteiger partial charge in [-0.25, -0.2) is 0 Å². The zero-order chi connectivity index (χ0) is 12.3. The largest absolute Gasteiger partial charge is 0.489 e. The number of fused-ring (bicyclic) bond motifs is 6. The minimum Gasteiger partial charge on any atom is -0.489 e. The molecule has 4 unspecified atom stereocenters. The van der Waals surface area contributed by atoms with Crippen LogP contribution in [-0.2, 0) is 6.42 Å². The molecule has 1 aromatic rings. The van der Waals surface area contributed by atoms with Crippen LogP contribution >= 0.6 is 0 Å². The Bertz CT molecular complexity index is 528. The van der Waals surface area contributed by atoms with Crippen LogP contribution in [-0.4, -0.2) is 6.10 Å². The van der Waals surface area contributed by atoms with Crippen LogP contribution in [0.25, 0.3) is 0 Å². The van der Waals surface area contributed by atoms with E-state index in [0.29, 0.717) is 6.10 Å². The number of ether oxygens (including phenoxy) is 1. The molecule has 1 nitrogen and oxygen atoms in total. The fraction of sp³-hybridized carbons (Fsp3) is 0.529. The van der Waals surface area contributed by atoms with E-state index in [1.165, 1.54) is 36.1 Å². The molecule has 4 rings (SSSR count). The van der Waals surface area contributed by atoms with Gasteiger partial charge < -0.3 is 4.74 Å². The van der Waals surface area contributed by atoms with E-state index < -0.39 is 0 Å². The maximum Gasteiger partial charge on any atom is 0.125 e. The predicted molar refractivity (Wildman–Crippen MR) is 72.8 cm³/mol. The molecule has 4 atom stereocenters. The van der Waals surface area contributed by atoms with Gasteiger partial charge in [-0.2, -0.15) is 0 Å². The molecule has 0 N–H and O–H groups in total. The standard InChI is InChI=1S/C17H20O/c1-3-11-7-13-9-14(11)15-8-12-6-4-5-10(2)16(12)18-17(13)15/h3-6,13-15,17H,7-9H2,1-2H3. The molecule has 1 aliphatic heterocycles. The van der Waals surface area contributed by atoms with E-state index in [-0.39, 0.29) is 0 Å². The highest BCUT2D eigenvalue weighted by molar-refractivity contribution is 5.44. The summed E-state index contributed by atoms with van der Waals surface area (Å²) >= 11 is 0. The van der Waals surface area contributed by atoms with Crippen LogP contribution in [0.3, 0.4) is 0 Å². The zero-order valence-corrected chi connectivity index (χ0v) is 11.1. The summed E-state index contributed by atoms with van der Waals surface area (Å²) in [7, 11) is 0. The molecule has 1 heteroatoms. The van der Waals surface area contributed by atoms with Gasteiger partial charge >= 0.3 is 0 Å². The first-order valence-corrected chi connectivity index (χ1v) is 7.18. The zero-order valence-electron chi connectivity index (χ0n) is 11.1. The van der Waals surface area contributed by atoms with Crippen LogP contribution in [0, 0.1) is 24.7 Å². The lowest BCUT2D eigenvalue weighted by atomic mass is 9.77. The molecular weight excluding hydrogens is 220 g/mol. The Labute approximate surface area is 109 Å². The number of aryl methyl sites for hydroxylation is 1. The van der Waals surface area contributed by atoms with E-state index in [9.17, 15) is 0 Å². The molecule has 0 spiro atoms. The smallest absolute Gasteiger partial charge is 0.125 e. The number of benzene rings is 1. The first-order valence-electron chi connectivity index (χ1n) is 7.18. The lowest BCUT2D eigenvalue weighted by Gasteiger charge is -2.38. The average Bonchev–Trinajstić information content (AvgIpc) is 2.95. The second kappa shape index (κ2) is 3.63. The van der Waals surface area contributed by atoms with E-state index in [1.807, 2.05) is 0 Å². The number of hydrogen-bond acceptors (Lipinski definition) is 1. The fourth-order valence-electron chi connectivity index (χ4n) is 4.50. The Morgan fingerprint density at radius 1 is 1.28 bits per heavy atom. The summed E-state index contributed by atoms with van der Waals surface area (Å²) in [5.74, 6) is 3.51. The summed E-state index contributed by atoms with van der Waals surface area (Å²) < 4.78 is 6.39. The highest BCUT2D eigenvalue weighted by Gasteiger charge is 2.52. The molecule has 1 aromatic carbocycles. The molecule has 2 aliphatic carbocycles. The quantitative estimate of drug-likeness (QED) is 0.625. The molecule has 18 heavy (non-hydrogen) atoms. The highest BCUT2D eigenvalue weighted by Crippen LogP contribution is 2.56. The van der Waals surface area contributed by atoms with Gasteiger partial charge in [-0.05, 0) is 50.2 Å². The topological polar surface area (TPSA) is 9.23 Å². The fourth-order valence-corrected chi connectivity index (χ4v) is 4.50. The van der Waals surface area contributed by atoms with Crippen molar-refractivity contribution in [1.82, 2.24) is 0 Å². The third-order valence-corrected chi connectivity index (χ3v) is 5.31. The Hall–Kier alpha value is -1.24. The summed E-state index contributed by atoms with van der Waals surface area (Å²) in [6.45, 7) is 4.37. The third-order valence-electron chi connectivity index (χ3n) is 5.31. The minimum atomic E-state index is 0.493. The summed E-state index contributed by atoms with van der Waals surface area (Å²) in [6, 6.07) is 6.59. The molecule has 1 heterocycles. The number of para-hydroxylation sites is 1. The molecule has 2 fully saturated rings. The van der Waals surface area contributed by atoms with Crippen molar-refractivity contribution >= 4 is 0 Å². The normalized spacial score (nSPS) is 38.4. The van der Waals surface area contributed by atoms with Crippen molar-refractivity contribution in [2.45, 2.75) is 39.2 Å². The third kappa shape index (κ3) is 1.28. The molecule has 0 radical (unpaired) electrons. The highest BCUT2D eigenvalue weighted by atomic mass is 16.5. The monoisotopic (exact) mass is 240 g/mol. The summed E-state index contributed by atoms with van der Waals surface area (Å²) in [5.41, 5.74) is 4.43. The average molecular weight is 240 g/mol. The molecule has 3 aliphatic rings. The van der Waals surface area contributed by atoms with Gasteiger partial charge in [0.2, 0.25) is 0 Å². The van der Waals surface area contributed by atoms with Gasteiger partial charge in [-0.15, -0.1) is 0 Å². The van der Waals surface area contributed by atoms with Gasteiger partial charge in [0.05, 0.1) is 0 Å². The Morgan fingerprint density at radius 2 is 2.17 bits per heavy atom. The van der Waals surface area contributed by atoms with Crippen molar-refractivity contribution in [3.8, 4) is 5.75 Å². The van der Waals surface area contributed by atoms with Crippen molar-refractivity contribution in [2.75, 3.05) is 0 Å². The second-order valence-corrected chi connectivity index (χ2v) is 6.18. The van der Waals surface area contributed by atoms with Crippen LogP contribution in [0.4, 0.5) is 0 Å². The van der Waals surface area contributed by atoms with Crippen molar-refractivity contribution in [3.05, 3.63) is 41.0 Å². The van der Waals surface area contributed by atoms with E-state index >= 15 is 0 Å². The lowest BCUT2D eigenvalue weighted by Crippen LogP contribution is -2.38. The van der Waals surface area contributed by atoms with Crippen LogP contribution in [0.2, 0.25) is 0 Å². The number of rotatable bonds is 0. The molecule has 0 saturated heterocycles. The summed E-state index contributed by atoms with van der Waals surface area (Å²) in [5, 5.41) is 0. The van der Waals surface area contributed by atoms with E-state index in [1.54, 1.807) is 5.57 Å². The molecule has 2 saturated carbocycles. The van der Waals surface area contributed by atoms with Gasteiger partial charge in [-0.1, -0.05) is 29.8 Å². The van der Waals surface area contributed by atoms with E-state index in [0.717, 1.165) is 17.8 Å². The summed E-state index contributed by atoms with van der Waals surface area (Å²) in [6.07, 6.45) is 6.71. The van der Waals surface area contributed by atoms with Crippen molar-refractivity contribution < 1.29 is 4.74 Å². The van der Waals surface area contributed by atoms with Gasteiger partial charge in [0.1, 0.15) is 11.9 Å². The Balaban J connectivity index is 1.74. The number of hydrogen-bond donors (Lipinski definition) is 0. The van der Waals surface area contributed by atoms with E-state index in [4.69, 9.17) is 4.74 Å². The molecule has 94 valence electrons. The van der Waals surface area contributed by atoms with Crippen molar-refractivity contribution in [2.24, 2.45) is 17.8 Å². The van der Waals surface area contributed by atoms with Crippen LogP contribution in [0.5, 0.6) is 5.75 Å². The van der Waals surface area contributed by atoms with Gasteiger partial charge in [0.25, 0.3) is 0 Å². The maximum absolute atomic E-state index is 6.39. The SMILES string of the molecule is CC=C1CC2CC1C1Cc3cccc(C)c3OC21. The number of allylic oxidation sites excluding steroid dienone is 2. The molecule has 0 amide bonds. The first-order chi connectivity index (χ1) is 8.78. The maximum atomic E-state index is 6.39. The molecule has 0 aromatic heterocycles. The summed E-state index contributed by atoms with van der Waals surface area (Å²) in [4.78, 5) is 0. The van der Waals surface area contributed by atoms with Gasteiger partial charge in [0.15, 0.2) is 0 Å². The van der Waals surface area contributed by atoms with Gasteiger partial charge in [0, 0.05) is 11.8 Å².